The van der Waals surface area contributed by atoms with Gasteiger partial charge in [0.15, 0.2) is 0 Å². The standard InChI is InChI=1S/C14H22N4O4/c1-13(2,3)22-12(21)18-6-5-14(9-18,11(19)20)7-10-8-17(4)16-15-10/h8H,5-7,9H2,1-4H3,(H,19,20). The van der Waals surface area contributed by atoms with Crippen molar-refractivity contribution in [2.45, 2.75) is 39.2 Å². The molecule has 0 spiro atoms. The molecule has 22 heavy (non-hydrogen) atoms. The maximum atomic E-state index is 12.1. The lowest BCUT2D eigenvalue weighted by molar-refractivity contribution is -0.148. The van der Waals surface area contributed by atoms with Crippen LogP contribution in [-0.2, 0) is 23.0 Å². The van der Waals surface area contributed by atoms with Gasteiger partial charge in [-0.3, -0.25) is 9.48 Å². The quantitative estimate of drug-likeness (QED) is 0.897. The van der Waals surface area contributed by atoms with Crippen LogP contribution in [0.3, 0.4) is 0 Å². The Bertz CT molecular complexity index is 578. The van der Waals surface area contributed by atoms with E-state index >= 15 is 0 Å². The van der Waals surface area contributed by atoms with Crippen molar-refractivity contribution in [1.29, 1.82) is 0 Å². The van der Waals surface area contributed by atoms with Crippen molar-refractivity contribution >= 4 is 12.1 Å². The van der Waals surface area contributed by atoms with Crippen molar-refractivity contribution in [2.24, 2.45) is 12.5 Å². The zero-order valence-electron chi connectivity index (χ0n) is 13.4. The maximum absolute atomic E-state index is 12.1. The van der Waals surface area contributed by atoms with E-state index in [0.717, 1.165) is 0 Å². The largest absolute Gasteiger partial charge is 0.481 e. The number of carbonyl (C=O) groups is 2. The Morgan fingerprint density at radius 1 is 1.45 bits per heavy atom. The highest BCUT2D eigenvalue weighted by molar-refractivity contribution is 5.78. The molecule has 0 aromatic carbocycles. The molecule has 0 radical (unpaired) electrons. The van der Waals surface area contributed by atoms with Gasteiger partial charge < -0.3 is 14.7 Å². The summed E-state index contributed by atoms with van der Waals surface area (Å²) in [6, 6.07) is 0. The van der Waals surface area contributed by atoms with Crippen LogP contribution in [0.5, 0.6) is 0 Å². The van der Waals surface area contributed by atoms with Gasteiger partial charge in [-0.2, -0.15) is 0 Å². The van der Waals surface area contributed by atoms with Crippen molar-refractivity contribution in [3.63, 3.8) is 0 Å². The van der Waals surface area contributed by atoms with Crippen molar-refractivity contribution in [3.05, 3.63) is 11.9 Å². The minimum atomic E-state index is -1.03. The van der Waals surface area contributed by atoms with Crippen LogP contribution in [0, 0.1) is 5.41 Å². The lowest BCUT2D eigenvalue weighted by atomic mass is 9.82. The minimum absolute atomic E-state index is 0.119. The van der Waals surface area contributed by atoms with Crippen LogP contribution < -0.4 is 0 Å². The molecule has 1 aliphatic heterocycles. The second kappa shape index (κ2) is 5.58. The van der Waals surface area contributed by atoms with E-state index < -0.39 is 23.1 Å². The molecule has 8 nitrogen and oxygen atoms in total. The fourth-order valence-corrected chi connectivity index (χ4v) is 2.57. The van der Waals surface area contributed by atoms with Gasteiger partial charge in [0.05, 0.1) is 11.1 Å². The molecule has 122 valence electrons. The number of carboxylic acids is 1. The summed E-state index contributed by atoms with van der Waals surface area (Å²) in [5.74, 6) is -0.927. The number of ether oxygens (including phenoxy) is 1. The van der Waals surface area contributed by atoms with Crippen LogP contribution in [0.4, 0.5) is 4.79 Å². The van der Waals surface area contributed by atoms with E-state index in [2.05, 4.69) is 10.3 Å². The molecule has 8 heteroatoms. The fraction of sp³-hybridized carbons (Fsp3) is 0.714. The van der Waals surface area contributed by atoms with Gasteiger partial charge in [0.1, 0.15) is 5.60 Å². The van der Waals surface area contributed by atoms with Gasteiger partial charge in [0, 0.05) is 32.8 Å². The Labute approximate surface area is 129 Å². The molecule has 1 saturated heterocycles. The summed E-state index contributed by atoms with van der Waals surface area (Å²) in [4.78, 5) is 25.3. The van der Waals surface area contributed by atoms with Crippen LogP contribution in [0.25, 0.3) is 0 Å². The van der Waals surface area contributed by atoms with E-state index in [1.54, 1.807) is 34.0 Å². The zero-order chi connectivity index (χ0) is 16.5. The third-order valence-corrected chi connectivity index (χ3v) is 3.63. The normalized spacial score (nSPS) is 21.9. The van der Waals surface area contributed by atoms with E-state index in [-0.39, 0.29) is 13.0 Å². The lowest BCUT2D eigenvalue weighted by Gasteiger charge is -2.26. The van der Waals surface area contributed by atoms with Crippen LogP contribution in [0.15, 0.2) is 6.20 Å². The Balaban J connectivity index is 2.11. The molecule has 1 unspecified atom stereocenters. The minimum Gasteiger partial charge on any atom is -0.481 e. The first kappa shape index (κ1) is 16.3. The molecular formula is C14H22N4O4. The first-order valence-corrected chi connectivity index (χ1v) is 7.18. The van der Waals surface area contributed by atoms with E-state index in [4.69, 9.17) is 4.74 Å². The van der Waals surface area contributed by atoms with Crippen LogP contribution in [0.2, 0.25) is 0 Å². The molecular weight excluding hydrogens is 288 g/mol. The number of likely N-dealkylation sites (tertiary alicyclic amines) is 1. The van der Waals surface area contributed by atoms with Crippen molar-refractivity contribution in [2.75, 3.05) is 13.1 Å². The molecule has 1 aromatic rings. The molecule has 0 aliphatic carbocycles. The summed E-state index contributed by atoms with van der Waals surface area (Å²) in [6.45, 7) is 5.83. The van der Waals surface area contributed by atoms with Crippen molar-refractivity contribution < 1.29 is 19.4 Å². The van der Waals surface area contributed by atoms with Gasteiger partial charge in [-0.1, -0.05) is 5.21 Å². The lowest BCUT2D eigenvalue weighted by Crippen LogP contribution is -2.40. The molecule has 2 heterocycles. The smallest absolute Gasteiger partial charge is 0.410 e. The van der Waals surface area contributed by atoms with Gasteiger partial charge in [0.25, 0.3) is 0 Å². The Hall–Kier alpha value is -2.12. The highest BCUT2D eigenvalue weighted by atomic mass is 16.6. The molecule has 2 rings (SSSR count). The number of aromatic nitrogens is 3. The van der Waals surface area contributed by atoms with Crippen LogP contribution >= 0.6 is 0 Å². The van der Waals surface area contributed by atoms with E-state index in [9.17, 15) is 14.7 Å². The fourth-order valence-electron chi connectivity index (χ4n) is 2.57. The molecule has 1 N–H and O–H groups in total. The number of nitrogens with zero attached hydrogens (tertiary/aromatic N) is 4. The molecule has 1 amide bonds. The second-order valence-corrected chi connectivity index (χ2v) is 6.80. The predicted molar refractivity (Wildman–Crippen MR) is 77.2 cm³/mol. The Kier molecular flexibility index (Phi) is 4.12. The average Bonchev–Trinajstić information content (AvgIpc) is 2.95. The molecule has 0 saturated carbocycles. The summed E-state index contributed by atoms with van der Waals surface area (Å²) in [5.41, 5.74) is -1.03. The van der Waals surface area contributed by atoms with Crippen LogP contribution in [-0.4, -0.2) is 55.8 Å². The molecule has 1 aromatic heterocycles. The topological polar surface area (TPSA) is 97.6 Å². The van der Waals surface area contributed by atoms with Gasteiger partial charge in [0.2, 0.25) is 0 Å². The maximum Gasteiger partial charge on any atom is 0.410 e. The van der Waals surface area contributed by atoms with Crippen molar-refractivity contribution in [1.82, 2.24) is 19.9 Å². The van der Waals surface area contributed by atoms with E-state index in [0.29, 0.717) is 18.7 Å². The van der Waals surface area contributed by atoms with Gasteiger partial charge in [-0.25, -0.2) is 4.79 Å². The monoisotopic (exact) mass is 310 g/mol. The first-order valence-electron chi connectivity index (χ1n) is 7.18. The molecule has 1 aliphatic rings. The number of hydrogen-bond acceptors (Lipinski definition) is 5. The summed E-state index contributed by atoms with van der Waals surface area (Å²) in [6.07, 6.45) is 1.84. The van der Waals surface area contributed by atoms with E-state index in [1.807, 2.05) is 0 Å². The highest BCUT2D eigenvalue weighted by Gasteiger charge is 2.47. The molecule has 1 atom stereocenters. The van der Waals surface area contributed by atoms with E-state index in [1.165, 1.54) is 9.58 Å². The molecule has 0 bridgehead atoms. The third-order valence-electron chi connectivity index (χ3n) is 3.63. The number of hydrogen-bond donors (Lipinski definition) is 1. The Morgan fingerprint density at radius 3 is 2.64 bits per heavy atom. The number of aryl methyl sites for hydroxylation is 1. The average molecular weight is 310 g/mol. The number of carboxylic acid groups (broad SMARTS) is 1. The summed E-state index contributed by atoms with van der Waals surface area (Å²) in [5, 5.41) is 17.4. The van der Waals surface area contributed by atoms with Gasteiger partial charge >= 0.3 is 12.1 Å². The third kappa shape index (κ3) is 3.55. The number of rotatable bonds is 3. The summed E-state index contributed by atoms with van der Waals surface area (Å²) in [7, 11) is 1.73. The predicted octanol–water partition coefficient (Wildman–Crippen LogP) is 1.07. The number of aliphatic carboxylic acids is 1. The summed E-state index contributed by atoms with van der Waals surface area (Å²) >= 11 is 0. The Morgan fingerprint density at radius 2 is 2.14 bits per heavy atom. The highest BCUT2D eigenvalue weighted by Crippen LogP contribution is 2.35. The first-order chi connectivity index (χ1) is 10.1. The SMILES string of the molecule is Cn1cc(CC2(C(=O)O)CCN(C(=O)OC(C)(C)C)C2)nn1. The second-order valence-electron chi connectivity index (χ2n) is 6.80. The number of carbonyl (C=O) groups excluding carboxylic acids is 1. The zero-order valence-corrected chi connectivity index (χ0v) is 13.4. The van der Waals surface area contributed by atoms with Gasteiger partial charge in [-0.05, 0) is 27.2 Å². The van der Waals surface area contributed by atoms with Crippen molar-refractivity contribution in [3.8, 4) is 0 Å². The summed E-state index contributed by atoms with van der Waals surface area (Å²) < 4.78 is 6.84. The molecule has 1 fully saturated rings. The van der Waals surface area contributed by atoms with Gasteiger partial charge in [-0.15, -0.1) is 5.10 Å². The van der Waals surface area contributed by atoms with Crippen LogP contribution in [0.1, 0.15) is 32.9 Å². The number of amides is 1.